The highest BCUT2D eigenvalue weighted by Gasteiger charge is 2.19. The summed E-state index contributed by atoms with van der Waals surface area (Å²) < 4.78 is 1.93. The van der Waals surface area contributed by atoms with E-state index < -0.39 is 0 Å². The second kappa shape index (κ2) is 6.26. The molecular weight excluding hydrogens is 264 g/mol. The number of nitrogens with zero attached hydrogens (tertiary/aromatic N) is 4. The molecule has 0 aliphatic carbocycles. The molecule has 0 bridgehead atoms. The van der Waals surface area contributed by atoms with Gasteiger partial charge in [-0.1, -0.05) is 25.1 Å². The number of fused-ring (bicyclic) bond motifs is 1. The minimum Gasteiger partial charge on any atom is -0.340 e. The first-order valence-electron chi connectivity index (χ1n) is 7.68. The summed E-state index contributed by atoms with van der Waals surface area (Å²) in [5.74, 6) is 0.241. The summed E-state index contributed by atoms with van der Waals surface area (Å²) in [6.07, 6.45) is 2.39. The van der Waals surface area contributed by atoms with Crippen molar-refractivity contribution in [3.63, 3.8) is 0 Å². The summed E-state index contributed by atoms with van der Waals surface area (Å²) in [7, 11) is 0. The Labute approximate surface area is 125 Å². The van der Waals surface area contributed by atoms with Gasteiger partial charge in [0.05, 0.1) is 18.3 Å². The highest BCUT2D eigenvalue weighted by molar-refractivity contribution is 5.79. The van der Waals surface area contributed by atoms with Crippen LogP contribution in [0.3, 0.4) is 0 Å². The third-order valence-corrected chi connectivity index (χ3v) is 4.26. The maximum absolute atomic E-state index is 12.3. The van der Waals surface area contributed by atoms with Crippen LogP contribution in [0.25, 0.3) is 10.9 Å². The average molecular weight is 286 g/mol. The van der Waals surface area contributed by atoms with Crippen LogP contribution in [0.2, 0.25) is 0 Å². The maximum Gasteiger partial charge on any atom is 0.224 e. The van der Waals surface area contributed by atoms with Gasteiger partial charge < -0.3 is 9.80 Å². The number of benzene rings is 1. The summed E-state index contributed by atoms with van der Waals surface area (Å²) in [5, 5.41) is 5.50. The molecule has 5 nitrogen and oxygen atoms in total. The molecule has 112 valence electrons. The lowest BCUT2D eigenvalue weighted by atomic mass is 10.2. The Bertz CT molecular complexity index is 614. The number of piperazine rings is 1. The van der Waals surface area contributed by atoms with Gasteiger partial charge in [0, 0.05) is 38.0 Å². The lowest BCUT2D eigenvalue weighted by Crippen LogP contribution is -2.48. The molecule has 1 aliphatic heterocycles. The van der Waals surface area contributed by atoms with Crippen LogP contribution in [0, 0.1) is 0 Å². The second-order valence-electron chi connectivity index (χ2n) is 5.49. The van der Waals surface area contributed by atoms with E-state index in [9.17, 15) is 4.79 Å². The van der Waals surface area contributed by atoms with E-state index in [0.717, 1.165) is 43.6 Å². The highest BCUT2D eigenvalue weighted by Crippen LogP contribution is 2.13. The van der Waals surface area contributed by atoms with Crippen molar-refractivity contribution >= 4 is 16.8 Å². The quantitative estimate of drug-likeness (QED) is 0.857. The Kier molecular flexibility index (Phi) is 4.20. The fourth-order valence-electron chi connectivity index (χ4n) is 2.88. The van der Waals surface area contributed by atoms with Crippen molar-refractivity contribution in [2.75, 3.05) is 32.7 Å². The van der Waals surface area contributed by atoms with E-state index in [1.54, 1.807) is 0 Å². The van der Waals surface area contributed by atoms with Crippen molar-refractivity contribution < 1.29 is 4.79 Å². The normalized spacial score (nSPS) is 16.5. The molecule has 1 aromatic carbocycles. The highest BCUT2D eigenvalue weighted by atomic mass is 16.2. The number of aryl methyl sites for hydroxylation is 1. The van der Waals surface area contributed by atoms with Crippen LogP contribution in [-0.4, -0.2) is 58.2 Å². The van der Waals surface area contributed by atoms with E-state index in [-0.39, 0.29) is 5.91 Å². The zero-order valence-corrected chi connectivity index (χ0v) is 12.5. The fourth-order valence-corrected chi connectivity index (χ4v) is 2.88. The minimum absolute atomic E-state index is 0.241. The van der Waals surface area contributed by atoms with Crippen LogP contribution in [0.5, 0.6) is 0 Å². The van der Waals surface area contributed by atoms with Gasteiger partial charge in [0.15, 0.2) is 0 Å². The second-order valence-corrected chi connectivity index (χ2v) is 5.49. The topological polar surface area (TPSA) is 41.4 Å². The van der Waals surface area contributed by atoms with Crippen molar-refractivity contribution in [1.29, 1.82) is 0 Å². The van der Waals surface area contributed by atoms with Gasteiger partial charge in [-0.2, -0.15) is 5.10 Å². The molecule has 0 atom stereocenters. The number of aromatic nitrogens is 2. The van der Waals surface area contributed by atoms with E-state index >= 15 is 0 Å². The minimum atomic E-state index is 0.241. The first-order chi connectivity index (χ1) is 10.3. The number of rotatable bonds is 4. The summed E-state index contributed by atoms with van der Waals surface area (Å²) in [5.41, 5.74) is 1.10. The number of hydrogen-bond donors (Lipinski definition) is 0. The largest absolute Gasteiger partial charge is 0.340 e. The molecule has 1 aromatic heterocycles. The van der Waals surface area contributed by atoms with Crippen molar-refractivity contribution in [3.05, 3.63) is 30.5 Å². The van der Waals surface area contributed by atoms with E-state index in [1.807, 2.05) is 40.0 Å². The van der Waals surface area contributed by atoms with E-state index in [2.05, 4.69) is 16.9 Å². The average Bonchev–Trinajstić information content (AvgIpc) is 2.96. The number of hydrogen-bond acceptors (Lipinski definition) is 3. The number of likely N-dealkylation sites (N-methyl/N-ethyl adjacent to an activating group) is 1. The van der Waals surface area contributed by atoms with Gasteiger partial charge in [-0.15, -0.1) is 0 Å². The lowest BCUT2D eigenvalue weighted by molar-refractivity contribution is -0.133. The van der Waals surface area contributed by atoms with E-state index in [4.69, 9.17) is 0 Å². The molecule has 0 radical (unpaired) electrons. The van der Waals surface area contributed by atoms with Crippen LogP contribution in [0.4, 0.5) is 0 Å². The maximum atomic E-state index is 12.3. The summed E-state index contributed by atoms with van der Waals surface area (Å²) in [4.78, 5) is 16.7. The van der Waals surface area contributed by atoms with E-state index in [0.29, 0.717) is 13.0 Å². The molecule has 1 fully saturated rings. The van der Waals surface area contributed by atoms with Crippen molar-refractivity contribution in [3.8, 4) is 0 Å². The molecule has 1 amide bonds. The van der Waals surface area contributed by atoms with Crippen molar-refractivity contribution in [1.82, 2.24) is 19.6 Å². The molecule has 21 heavy (non-hydrogen) atoms. The molecule has 2 heterocycles. The Morgan fingerprint density at radius 1 is 1.19 bits per heavy atom. The zero-order valence-electron chi connectivity index (χ0n) is 12.5. The standard InChI is InChI=1S/C16H22N4O/c1-2-18-9-11-19(12-10-18)16(21)7-8-20-15-6-4-3-5-14(15)13-17-20/h3-6,13H,2,7-12H2,1H3. The van der Waals surface area contributed by atoms with Crippen LogP contribution in [0.15, 0.2) is 30.5 Å². The zero-order chi connectivity index (χ0) is 14.7. The van der Waals surface area contributed by atoms with Crippen LogP contribution < -0.4 is 0 Å². The van der Waals surface area contributed by atoms with Gasteiger partial charge in [0.1, 0.15) is 0 Å². The number of carbonyl (C=O) groups is 1. The predicted molar refractivity (Wildman–Crippen MR) is 83.0 cm³/mol. The number of amides is 1. The molecule has 2 aromatic rings. The van der Waals surface area contributed by atoms with Gasteiger partial charge in [-0.3, -0.25) is 9.48 Å². The smallest absolute Gasteiger partial charge is 0.224 e. The molecule has 0 spiro atoms. The first-order valence-corrected chi connectivity index (χ1v) is 7.68. The number of para-hydroxylation sites is 1. The summed E-state index contributed by atoms with van der Waals surface area (Å²) in [6.45, 7) is 7.58. The molecule has 1 saturated heterocycles. The Hall–Kier alpha value is -1.88. The van der Waals surface area contributed by atoms with Crippen LogP contribution >= 0.6 is 0 Å². The molecule has 3 rings (SSSR count). The van der Waals surface area contributed by atoms with E-state index in [1.165, 1.54) is 0 Å². The van der Waals surface area contributed by atoms with Crippen molar-refractivity contribution in [2.45, 2.75) is 19.9 Å². The molecule has 0 N–H and O–H groups in total. The predicted octanol–water partition coefficient (Wildman–Crippen LogP) is 1.59. The molecule has 5 heteroatoms. The molecule has 0 saturated carbocycles. The summed E-state index contributed by atoms with van der Waals surface area (Å²) >= 11 is 0. The monoisotopic (exact) mass is 286 g/mol. The lowest BCUT2D eigenvalue weighted by Gasteiger charge is -2.34. The Balaban J connectivity index is 1.56. The van der Waals surface area contributed by atoms with Crippen molar-refractivity contribution in [2.24, 2.45) is 0 Å². The Morgan fingerprint density at radius 2 is 1.95 bits per heavy atom. The SMILES string of the molecule is CCN1CCN(C(=O)CCn2ncc3ccccc32)CC1. The summed E-state index contributed by atoms with van der Waals surface area (Å²) in [6, 6.07) is 8.11. The third-order valence-electron chi connectivity index (χ3n) is 4.26. The molecule has 1 aliphatic rings. The van der Waals surface area contributed by atoms with Crippen LogP contribution in [0.1, 0.15) is 13.3 Å². The number of carbonyl (C=O) groups excluding carboxylic acids is 1. The third kappa shape index (κ3) is 3.08. The van der Waals surface area contributed by atoms with Gasteiger partial charge >= 0.3 is 0 Å². The van der Waals surface area contributed by atoms with Gasteiger partial charge in [0.2, 0.25) is 5.91 Å². The Morgan fingerprint density at radius 3 is 2.71 bits per heavy atom. The van der Waals surface area contributed by atoms with Gasteiger partial charge in [-0.05, 0) is 12.6 Å². The first kappa shape index (κ1) is 14.1. The molecular formula is C16H22N4O. The fraction of sp³-hybridized carbons (Fsp3) is 0.500. The van der Waals surface area contributed by atoms with Gasteiger partial charge in [0.25, 0.3) is 0 Å². The van der Waals surface area contributed by atoms with Gasteiger partial charge in [-0.25, -0.2) is 0 Å². The molecule has 0 unspecified atom stereocenters. The van der Waals surface area contributed by atoms with Crippen LogP contribution in [-0.2, 0) is 11.3 Å².